The second kappa shape index (κ2) is 4.97. The first-order valence-corrected chi connectivity index (χ1v) is 6.43. The number of rotatable bonds is 3. The molecule has 6 heteroatoms. The summed E-state index contributed by atoms with van der Waals surface area (Å²) in [6.45, 7) is 2.66. The Morgan fingerprint density at radius 1 is 1.26 bits per heavy atom. The summed E-state index contributed by atoms with van der Waals surface area (Å²) in [6, 6.07) is 4.24. The highest BCUT2D eigenvalue weighted by molar-refractivity contribution is 5.32. The fourth-order valence-electron chi connectivity index (χ4n) is 2.55. The molecule has 6 nitrogen and oxygen atoms in total. The molecule has 0 amide bonds. The standard InChI is InChI=1S/C13H18N6/c1-17(2)8-12-10-18(13-14-5-3-6-15-13)9-11-4-7-16-19(11)12/h3-7,12H,8-10H2,1-2H3. The van der Waals surface area contributed by atoms with Crippen LogP contribution < -0.4 is 4.90 Å². The van der Waals surface area contributed by atoms with Crippen LogP contribution >= 0.6 is 0 Å². The Labute approximate surface area is 112 Å². The molecule has 0 bridgehead atoms. The van der Waals surface area contributed by atoms with E-state index in [0.29, 0.717) is 6.04 Å². The Morgan fingerprint density at radius 3 is 2.79 bits per heavy atom. The zero-order chi connectivity index (χ0) is 13.2. The van der Waals surface area contributed by atoms with Crippen LogP contribution in [0.25, 0.3) is 0 Å². The van der Waals surface area contributed by atoms with E-state index in [0.717, 1.165) is 25.6 Å². The van der Waals surface area contributed by atoms with Gasteiger partial charge in [-0.25, -0.2) is 9.97 Å². The van der Waals surface area contributed by atoms with Crippen molar-refractivity contribution < 1.29 is 0 Å². The molecule has 1 aliphatic heterocycles. The molecule has 2 aromatic heterocycles. The summed E-state index contributed by atoms with van der Waals surface area (Å²) in [4.78, 5) is 13.1. The summed E-state index contributed by atoms with van der Waals surface area (Å²) >= 11 is 0. The number of aromatic nitrogens is 4. The second-order valence-electron chi connectivity index (χ2n) is 5.11. The third-order valence-electron chi connectivity index (χ3n) is 3.29. The van der Waals surface area contributed by atoms with Crippen LogP contribution in [-0.2, 0) is 6.54 Å². The van der Waals surface area contributed by atoms with Crippen molar-refractivity contribution in [1.82, 2.24) is 24.6 Å². The van der Waals surface area contributed by atoms with Crippen LogP contribution in [0.1, 0.15) is 11.7 Å². The number of anilines is 1. The van der Waals surface area contributed by atoms with Gasteiger partial charge in [0, 0.05) is 31.7 Å². The number of likely N-dealkylation sites (N-methyl/N-ethyl adjacent to an activating group) is 1. The lowest BCUT2D eigenvalue weighted by molar-refractivity contribution is 0.287. The lowest BCUT2D eigenvalue weighted by Crippen LogP contribution is -2.42. The Balaban J connectivity index is 1.88. The van der Waals surface area contributed by atoms with E-state index in [-0.39, 0.29) is 0 Å². The van der Waals surface area contributed by atoms with E-state index in [1.807, 2.05) is 12.3 Å². The van der Waals surface area contributed by atoms with Crippen molar-refractivity contribution in [3.8, 4) is 0 Å². The Kier molecular flexibility index (Phi) is 3.16. The molecule has 19 heavy (non-hydrogen) atoms. The van der Waals surface area contributed by atoms with Gasteiger partial charge in [0.1, 0.15) is 0 Å². The van der Waals surface area contributed by atoms with Gasteiger partial charge in [0.25, 0.3) is 0 Å². The molecule has 0 aromatic carbocycles. The zero-order valence-electron chi connectivity index (χ0n) is 11.3. The van der Waals surface area contributed by atoms with Gasteiger partial charge < -0.3 is 9.80 Å². The molecule has 1 atom stereocenters. The summed E-state index contributed by atoms with van der Waals surface area (Å²) < 4.78 is 2.12. The quantitative estimate of drug-likeness (QED) is 0.815. The Morgan fingerprint density at radius 2 is 2.05 bits per heavy atom. The molecule has 0 N–H and O–H groups in total. The Bertz CT molecular complexity index is 535. The van der Waals surface area contributed by atoms with Gasteiger partial charge in [0.2, 0.25) is 5.95 Å². The summed E-state index contributed by atoms with van der Waals surface area (Å²) in [5, 5.41) is 4.44. The van der Waals surface area contributed by atoms with E-state index in [4.69, 9.17) is 0 Å². The van der Waals surface area contributed by atoms with Crippen LogP contribution in [0, 0.1) is 0 Å². The first-order chi connectivity index (χ1) is 9.24. The topological polar surface area (TPSA) is 50.1 Å². The predicted molar refractivity (Wildman–Crippen MR) is 72.9 cm³/mol. The minimum Gasteiger partial charge on any atom is -0.333 e. The first-order valence-electron chi connectivity index (χ1n) is 6.43. The maximum atomic E-state index is 4.44. The smallest absolute Gasteiger partial charge is 0.225 e. The van der Waals surface area contributed by atoms with E-state index in [1.54, 1.807) is 12.4 Å². The average Bonchev–Trinajstić information content (AvgIpc) is 2.87. The minimum absolute atomic E-state index is 0.331. The van der Waals surface area contributed by atoms with Crippen molar-refractivity contribution in [2.24, 2.45) is 0 Å². The molecule has 1 unspecified atom stereocenters. The van der Waals surface area contributed by atoms with Crippen LogP contribution in [0.15, 0.2) is 30.7 Å². The summed E-state index contributed by atoms with van der Waals surface area (Å²) in [7, 11) is 4.17. The molecule has 2 aromatic rings. The molecule has 3 heterocycles. The van der Waals surface area contributed by atoms with Crippen molar-refractivity contribution in [2.45, 2.75) is 12.6 Å². The molecule has 100 valence electrons. The SMILES string of the molecule is CN(C)CC1CN(c2ncccn2)Cc2ccnn21. The molecule has 0 saturated carbocycles. The van der Waals surface area contributed by atoms with Crippen molar-refractivity contribution in [2.75, 3.05) is 32.1 Å². The summed E-state index contributed by atoms with van der Waals surface area (Å²) in [5.74, 6) is 0.790. The fraction of sp³-hybridized carbons (Fsp3) is 0.462. The van der Waals surface area contributed by atoms with Gasteiger partial charge in [-0.3, -0.25) is 4.68 Å². The van der Waals surface area contributed by atoms with Gasteiger partial charge >= 0.3 is 0 Å². The lowest BCUT2D eigenvalue weighted by Gasteiger charge is -2.35. The normalized spacial score (nSPS) is 18.7. The van der Waals surface area contributed by atoms with E-state index < -0.39 is 0 Å². The molecule has 0 aliphatic carbocycles. The molecular weight excluding hydrogens is 240 g/mol. The first kappa shape index (κ1) is 12.1. The van der Waals surface area contributed by atoms with E-state index in [2.05, 4.69) is 49.7 Å². The van der Waals surface area contributed by atoms with Gasteiger partial charge in [-0.05, 0) is 26.2 Å². The summed E-state index contributed by atoms with van der Waals surface area (Å²) in [5.41, 5.74) is 1.21. The largest absolute Gasteiger partial charge is 0.333 e. The molecule has 0 saturated heterocycles. The van der Waals surface area contributed by atoms with Gasteiger partial charge in [0.05, 0.1) is 18.3 Å². The van der Waals surface area contributed by atoms with E-state index in [9.17, 15) is 0 Å². The maximum absolute atomic E-state index is 4.44. The molecule has 0 radical (unpaired) electrons. The number of hydrogen-bond acceptors (Lipinski definition) is 5. The zero-order valence-corrected chi connectivity index (χ0v) is 11.3. The van der Waals surface area contributed by atoms with Crippen LogP contribution in [0.2, 0.25) is 0 Å². The van der Waals surface area contributed by atoms with Gasteiger partial charge in [-0.15, -0.1) is 0 Å². The van der Waals surface area contributed by atoms with E-state index >= 15 is 0 Å². The molecular formula is C13H18N6. The maximum Gasteiger partial charge on any atom is 0.225 e. The highest BCUT2D eigenvalue weighted by atomic mass is 15.4. The van der Waals surface area contributed by atoms with Gasteiger partial charge in [-0.2, -0.15) is 5.10 Å². The van der Waals surface area contributed by atoms with E-state index in [1.165, 1.54) is 5.69 Å². The minimum atomic E-state index is 0.331. The lowest BCUT2D eigenvalue weighted by atomic mass is 10.2. The Hall–Kier alpha value is -1.95. The third kappa shape index (κ3) is 2.44. The van der Waals surface area contributed by atoms with Crippen molar-refractivity contribution in [1.29, 1.82) is 0 Å². The van der Waals surface area contributed by atoms with Crippen LogP contribution in [0.5, 0.6) is 0 Å². The fourth-order valence-corrected chi connectivity index (χ4v) is 2.55. The number of hydrogen-bond donors (Lipinski definition) is 0. The average molecular weight is 258 g/mol. The van der Waals surface area contributed by atoms with Gasteiger partial charge in [-0.1, -0.05) is 0 Å². The van der Waals surface area contributed by atoms with Crippen LogP contribution in [0.4, 0.5) is 5.95 Å². The highest BCUT2D eigenvalue weighted by Crippen LogP contribution is 2.23. The highest BCUT2D eigenvalue weighted by Gasteiger charge is 2.27. The third-order valence-corrected chi connectivity index (χ3v) is 3.29. The number of nitrogens with zero attached hydrogens (tertiary/aromatic N) is 6. The van der Waals surface area contributed by atoms with Gasteiger partial charge in [0.15, 0.2) is 0 Å². The number of fused-ring (bicyclic) bond motifs is 1. The van der Waals surface area contributed by atoms with Crippen LogP contribution in [-0.4, -0.2) is 51.8 Å². The van der Waals surface area contributed by atoms with Crippen molar-refractivity contribution in [3.05, 3.63) is 36.4 Å². The van der Waals surface area contributed by atoms with Crippen LogP contribution in [0.3, 0.4) is 0 Å². The van der Waals surface area contributed by atoms with Crippen molar-refractivity contribution >= 4 is 5.95 Å². The molecule has 1 aliphatic rings. The monoisotopic (exact) mass is 258 g/mol. The molecule has 0 spiro atoms. The molecule has 0 fully saturated rings. The second-order valence-corrected chi connectivity index (χ2v) is 5.11. The molecule has 3 rings (SSSR count). The predicted octanol–water partition coefficient (Wildman–Crippen LogP) is 0.796. The van der Waals surface area contributed by atoms with Crippen molar-refractivity contribution in [3.63, 3.8) is 0 Å². The summed E-state index contributed by atoms with van der Waals surface area (Å²) in [6.07, 6.45) is 5.44.